The summed E-state index contributed by atoms with van der Waals surface area (Å²) in [6.45, 7) is -0.192. The van der Waals surface area contributed by atoms with Gasteiger partial charge >= 0.3 is 23.9 Å². The molecule has 46 heavy (non-hydrogen) atoms. The van der Waals surface area contributed by atoms with Gasteiger partial charge in [0.1, 0.15) is 13.2 Å². The minimum Gasteiger partial charge on any atom is -0.481 e. The van der Waals surface area contributed by atoms with Gasteiger partial charge in [-0.1, -0.05) is 94.9 Å². The van der Waals surface area contributed by atoms with E-state index in [2.05, 4.69) is 24.3 Å². The molecule has 0 aromatic carbocycles. The molecule has 0 saturated carbocycles. The average molecular weight is 649 g/mol. The summed E-state index contributed by atoms with van der Waals surface area (Å²) in [5.41, 5.74) is 0. The van der Waals surface area contributed by atoms with Gasteiger partial charge in [0.25, 0.3) is 0 Å². The van der Waals surface area contributed by atoms with Crippen molar-refractivity contribution in [3.05, 3.63) is 24.3 Å². The molecule has 0 spiro atoms. The second kappa shape index (κ2) is 31.0. The van der Waals surface area contributed by atoms with Crippen LogP contribution in [0.3, 0.4) is 0 Å². The van der Waals surface area contributed by atoms with Gasteiger partial charge in [-0.05, 0) is 77.0 Å². The molecule has 1 N–H and O–H groups in total. The molecule has 0 aliphatic carbocycles. The van der Waals surface area contributed by atoms with E-state index >= 15 is 0 Å². The van der Waals surface area contributed by atoms with Crippen LogP contribution in [0.25, 0.3) is 0 Å². The summed E-state index contributed by atoms with van der Waals surface area (Å²) in [4.78, 5) is 47.6. The van der Waals surface area contributed by atoms with Crippen molar-refractivity contribution in [1.29, 1.82) is 0 Å². The van der Waals surface area contributed by atoms with Crippen molar-refractivity contribution in [2.75, 3.05) is 13.2 Å². The van der Waals surface area contributed by atoms with Crippen LogP contribution in [0.4, 0.5) is 0 Å². The number of allylic oxidation sites excluding steroid dienone is 4. The fraction of sp³-hybridized carbons (Fsp3) is 0.789. The van der Waals surface area contributed by atoms with Crippen molar-refractivity contribution < 1.29 is 38.5 Å². The van der Waals surface area contributed by atoms with Crippen LogP contribution in [0, 0.1) is 0 Å². The molecule has 8 nitrogen and oxygen atoms in total. The summed E-state index contributed by atoms with van der Waals surface area (Å²) >= 11 is 0. The number of carbonyl (C=O) groups excluding carboxylic acids is 3. The molecule has 8 heteroatoms. The lowest BCUT2D eigenvalue weighted by atomic mass is 10.1. The molecule has 0 bridgehead atoms. The highest BCUT2D eigenvalue weighted by Crippen LogP contribution is 2.13. The van der Waals surface area contributed by atoms with Crippen LogP contribution in [-0.4, -0.2) is 48.3 Å². The molecule has 1 rings (SSSR count). The number of esters is 3. The Morgan fingerprint density at radius 2 is 1.07 bits per heavy atom. The fourth-order valence-corrected chi connectivity index (χ4v) is 5.43. The lowest BCUT2D eigenvalue weighted by molar-refractivity contribution is -0.167. The normalized spacial score (nSPS) is 18.4. The van der Waals surface area contributed by atoms with Gasteiger partial charge in [0.2, 0.25) is 0 Å². The van der Waals surface area contributed by atoms with E-state index in [9.17, 15) is 19.2 Å². The van der Waals surface area contributed by atoms with E-state index in [1.54, 1.807) is 0 Å². The highest BCUT2D eigenvalue weighted by atomic mass is 16.6. The second-order valence-corrected chi connectivity index (χ2v) is 12.7. The summed E-state index contributed by atoms with van der Waals surface area (Å²) in [5, 5.41) is 8.65. The zero-order valence-electron chi connectivity index (χ0n) is 28.7. The highest BCUT2D eigenvalue weighted by molar-refractivity contribution is 5.71. The topological polar surface area (TPSA) is 116 Å². The molecule has 0 saturated heterocycles. The third-order valence-corrected chi connectivity index (χ3v) is 8.26. The Morgan fingerprint density at radius 1 is 0.630 bits per heavy atom. The van der Waals surface area contributed by atoms with Crippen LogP contribution in [0.1, 0.15) is 173 Å². The third kappa shape index (κ3) is 28.8. The summed E-state index contributed by atoms with van der Waals surface area (Å²) in [5.74, 6) is -1.68. The molecule has 0 aromatic heterocycles. The molecule has 0 unspecified atom stereocenters. The Bertz CT molecular complexity index is 814. The molecule has 1 aliphatic rings. The fourth-order valence-electron chi connectivity index (χ4n) is 5.43. The van der Waals surface area contributed by atoms with E-state index in [1.165, 1.54) is 25.7 Å². The van der Waals surface area contributed by atoms with Crippen molar-refractivity contribution in [2.45, 2.75) is 179 Å². The largest absolute Gasteiger partial charge is 0.481 e. The van der Waals surface area contributed by atoms with E-state index in [-0.39, 0.29) is 44.0 Å². The number of ether oxygens (including phenoxy) is 3. The molecule has 0 radical (unpaired) electrons. The number of carboxylic acids is 1. The number of carbonyl (C=O) groups is 4. The van der Waals surface area contributed by atoms with Crippen LogP contribution in [0.5, 0.6) is 0 Å². The lowest BCUT2D eigenvalue weighted by Crippen LogP contribution is -2.30. The van der Waals surface area contributed by atoms with Crippen molar-refractivity contribution >= 4 is 23.9 Å². The Hall–Kier alpha value is -2.64. The Balaban J connectivity index is 2.29. The molecular formula is C38H64O8. The number of unbranched alkanes of at least 4 members (excludes halogenated alkanes) is 9. The summed E-state index contributed by atoms with van der Waals surface area (Å²) in [6, 6.07) is 0. The van der Waals surface area contributed by atoms with Crippen molar-refractivity contribution in [1.82, 2.24) is 0 Å². The monoisotopic (exact) mass is 648 g/mol. The first-order chi connectivity index (χ1) is 22.5. The third-order valence-electron chi connectivity index (χ3n) is 8.26. The van der Waals surface area contributed by atoms with E-state index in [0.717, 1.165) is 122 Å². The molecular weight excluding hydrogens is 584 g/mol. The van der Waals surface area contributed by atoms with Crippen LogP contribution < -0.4 is 0 Å². The van der Waals surface area contributed by atoms with Gasteiger partial charge in [0.15, 0.2) is 6.10 Å². The predicted octanol–water partition coefficient (Wildman–Crippen LogP) is 9.73. The zero-order chi connectivity index (χ0) is 33.3. The van der Waals surface area contributed by atoms with Gasteiger partial charge in [-0.2, -0.15) is 0 Å². The van der Waals surface area contributed by atoms with Crippen LogP contribution >= 0.6 is 0 Å². The van der Waals surface area contributed by atoms with Crippen LogP contribution in [-0.2, 0) is 33.4 Å². The standard InChI is InChI=1S/C38H64O8/c39-35(40)28-24-20-16-12-8-4-3-7-11-15-19-23-27-31-38(43)46-34-32-44-36(41)29-25-21-17-13-9-5-1-2-6-10-14-18-22-26-30-37(42)45-33-34/h1-3,7,34H,4-6,8-33H2,(H,39,40)/b2-1-,7-3?. The molecule has 1 heterocycles. The number of aliphatic carboxylic acids is 1. The van der Waals surface area contributed by atoms with E-state index < -0.39 is 12.1 Å². The average Bonchev–Trinajstić information content (AvgIpc) is 3.03. The minimum atomic E-state index is -0.788. The van der Waals surface area contributed by atoms with E-state index in [4.69, 9.17) is 19.3 Å². The molecule has 0 fully saturated rings. The number of carboxylic acid groups (broad SMARTS) is 1. The number of hydrogen-bond acceptors (Lipinski definition) is 7. The Labute approximate surface area is 279 Å². The number of hydrogen-bond donors (Lipinski definition) is 1. The first kappa shape index (κ1) is 41.4. The highest BCUT2D eigenvalue weighted by Gasteiger charge is 2.19. The van der Waals surface area contributed by atoms with Gasteiger partial charge < -0.3 is 19.3 Å². The second-order valence-electron chi connectivity index (χ2n) is 12.7. The predicted molar refractivity (Wildman–Crippen MR) is 182 cm³/mol. The first-order valence-corrected chi connectivity index (χ1v) is 18.5. The molecule has 0 aromatic rings. The van der Waals surface area contributed by atoms with Crippen molar-refractivity contribution in [3.8, 4) is 0 Å². The van der Waals surface area contributed by atoms with Crippen molar-refractivity contribution in [3.63, 3.8) is 0 Å². The lowest BCUT2D eigenvalue weighted by Gasteiger charge is -2.18. The Kier molecular flexibility index (Phi) is 27.9. The summed E-state index contributed by atoms with van der Waals surface area (Å²) in [7, 11) is 0. The van der Waals surface area contributed by atoms with Gasteiger partial charge in [0, 0.05) is 25.7 Å². The maximum Gasteiger partial charge on any atom is 0.306 e. The number of rotatable bonds is 16. The summed E-state index contributed by atoms with van der Waals surface area (Å²) in [6.07, 6.45) is 33.2. The van der Waals surface area contributed by atoms with Gasteiger partial charge in [-0.25, -0.2) is 0 Å². The molecule has 1 aliphatic heterocycles. The maximum atomic E-state index is 12.5. The van der Waals surface area contributed by atoms with Gasteiger partial charge in [-0.15, -0.1) is 0 Å². The van der Waals surface area contributed by atoms with E-state index in [0.29, 0.717) is 12.8 Å². The van der Waals surface area contributed by atoms with Crippen molar-refractivity contribution in [2.24, 2.45) is 0 Å². The maximum absolute atomic E-state index is 12.5. The smallest absolute Gasteiger partial charge is 0.306 e. The number of cyclic esters (lactones) is 2. The molecule has 264 valence electrons. The van der Waals surface area contributed by atoms with Gasteiger partial charge in [0.05, 0.1) is 0 Å². The summed E-state index contributed by atoms with van der Waals surface area (Å²) < 4.78 is 16.4. The Morgan fingerprint density at radius 3 is 1.59 bits per heavy atom. The minimum absolute atomic E-state index is 0.0960. The molecule has 0 amide bonds. The quantitative estimate of drug-likeness (QED) is 0.0761. The first-order valence-electron chi connectivity index (χ1n) is 18.5. The molecule has 0 atom stereocenters. The van der Waals surface area contributed by atoms with Crippen LogP contribution in [0.15, 0.2) is 24.3 Å². The van der Waals surface area contributed by atoms with E-state index in [1.807, 2.05) is 0 Å². The zero-order valence-corrected chi connectivity index (χ0v) is 28.7. The van der Waals surface area contributed by atoms with Gasteiger partial charge in [-0.3, -0.25) is 19.2 Å². The van der Waals surface area contributed by atoms with Crippen LogP contribution in [0.2, 0.25) is 0 Å². The SMILES string of the molecule is O=C(O)CCCCCCCC=CCCCCCCC(=O)OC1COC(=O)CCCCCCC/C=C\CCCCCCCC(=O)OC1.